The SMILES string of the molecule is C[C@H](Oc1ccc(Cl)cc1Cl)C(=O)NCCn1nc(-c2cccs2)ccc1=O. The summed E-state index contributed by atoms with van der Waals surface area (Å²) in [5.41, 5.74) is 0.488. The third-order valence-electron chi connectivity index (χ3n) is 3.83. The van der Waals surface area contributed by atoms with Crippen LogP contribution in [-0.2, 0) is 11.3 Å². The van der Waals surface area contributed by atoms with Crippen molar-refractivity contribution in [3.63, 3.8) is 0 Å². The number of hydrogen-bond donors (Lipinski definition) is 1. The van der Waals surface area contributed by atoms with Crippen molar-refractivity contribution in [3.8, 4) is 16.3 Å². The quantitative estimate of drug-likeness (QED) is 0.608. The van der Waals surface area contributed by atoms with Crippen molar-refractivity contribution >= 4 is 40.4 Å². The van der Waals surface area contributed by atoms with E-state index in [0.29, 0.717) is 15.8 Å². The average molecular weight is 438 g/mol. The third-order valence-corrected chi connectivity index (χ3v) is 5.25. The Balaban J connectivity index is 1.56. The van der Waals surface area contributed by atoms with E-state index >= 15 is 0 Å². The summed E-state index contributed by atoms with van der Waals surface area (Å²) in [5.74, 6) is 0.0451. The highest BCUT2D eigenvalue weighted by molar-refractivity contribution is 7.13. The number of benzene rings is 1. The number of amides is 1. The number of ether oxygens (including phenoxy) is 1. The van der Waals surface area contributed by atoms with Gasteiger partial charge in [-0.3, -0.25) is 9.59 Å². The van der Waals surface area contributed by atoms with Gasteiger partial charge in [0.2, 0.25) is 0 Å². The highest BCUT2D eigenvalue weighted by Crippen LogP contribution is 2.28. The fraction of sp³-hybridized carbons (Fsp3) is 0.211. The molecular formula is C19H17Cl2N3O3S. The number of nitrogens with one attached hydrogen (secondary N) is 1. The van der Waals surface area contributed by atoms with Crippen molar-refractivity contribution in [2.24, 2.45) is 0 Å². The van der Waals surface area contributed by atoms with Crippen LogP contribution < -0.4 is 15.6 Å². The van der Waals surface area contributed by atoms with E-state index in [-0.39, 0.29) is 24.6 Å². The lowest BCUT2D eigenvalue weighted by molar-refractivity contribution is -0.127. The maximum Gasteiger partial charge on any atom is 0.266 e. The summed E-state index contributed by atoms with van der Waals surface area (Å²) in [6.07, 6.45) is -0.763. The molecule has 2 aromatic heterocycles. The van der Waals surface area contributed by atoms with E-state index < -0.39 is 6.10 Å². The van der Waals surface area contributed by atoms with Gasteiger partial charge in [-0.05, 0) is 42.6 Å². The van der Waals surface area contributed by atoms with Gasteiger partial charge in [0, 0.05) is 17.6 Å². The smallest absolute Gasteiger partial charge is 0.266 e. The topological polar surface area (TPSA) is 73.2 Å². The van der Waals surface area contributed by atoms with E-state index in [9.17, 15) is 9.59 Å². The van der Waals surface area contributed by atoms with Crippen LogP contribution in [0.4, 0.5) is 0 Å². The molecule has 0 fully saturated rings. The summed E-state index contributed by atoms with van der Waals surface area (Å²) in [6, 6.07) is 11.8. The Morgan fingerprint density at radius 2 is 2.11 bits per heavy atom. The first-order chi connectivity index (χ1) is 13.4. The minimum Gasteiger partial charge on any atom is -0.479 e. The molecule has 2 heterocycles. The van der Waals surface area contributed by atoms with Gasteiger partial charge in [0.15, 0.2) is 6.10 Å². The van der Waals surface area contributed by atoms with Crippen LogP contribution in [0.2, 0.25) is 10.0 Å². The predicted molar refractivity (Wildman–Crippen MR) is 111 cm³/mol. The molecule has 0 spiro atoms. The maximum atomic E-state index is 12.2. The number of carbonyl (C=O) groups is 1. The van der Waals surface area contributed by atoms with Crippen LogP contribution in [0, 0.1) is 0 Å². The van der Waals surface area contributed by atoms with E-state index in [1.807, 2.05) is 17.5 Å². The Morgan fingerprint density at radius 3 is 2.82 bits per heavy atom. The molecule has 0 unspecified atom stereocenters. The zero-order chi connectivity index (χ0) is 20.1. The molecule has 1 atom stereocenters. The van der Waals surface area contributed by atoms with Crippen LogP contribution in [0.1, 0.15) is 6.92 Å². The van der Waals surface area contributed by atoms with Crippen LogP contribution in [0.25, 0.3) is 10.6 Å². The molecule has 1 amide bonds. The summed E-state index contributed by atoms with van der Waals surface area (Å²) < 4.78 is 6.90. The molecule has 146 valence electrons. The van der Waals surface area contributed by atoms with Gasteiger partial charge in [0.1, 0.15) is 11.4 Å². The number of nitrogens with zero attached hydrogens (tertiary/aromatic N) is 2. The Bertz CT molecular complexity index is 1020. The Labute approximate surface area is 175 Å². The predicted octanol–water partition coefficient (Wildman–Crippen LogP) is 3.86. The zero-order valence-corrected chi connectivity index (χ0v) is 17.2. The lowest BCUT2D eigenvalue weighted by Gasteiger charge is -2.16. The van der Waals surface area contributed by atoms with Crippen LogP contribution in [0.3, 0.4) is 0 Å². The van der Waals surface area contributed by atoms with Crippen LogP contribution in [-0.4, -0.2) is 28.3 Å². The molecule has 0 bridgehead atoms. The van der Waals surface area contributed by atoms with E-state index in [4.69, 9.17) is 27.9 Å². The van der Waals surface area contributed by atoms with Crippen molar-refractivity contribution in [1.29, 1.82) is 0 Å². The molecule has 3 aromatic rings. The molecular weight excluding hydrogens is 421 g/mol. The van der Waals surface area contributed by atoms with E-state index in [1.165, 1.54) is 10.7 Å². The lowest BCUT2D eigenvalue weighted by Crippen LogP contribution is -2.39. The minimum absolute atomic E-state index is 0.230. The average Bonchev–Trinajstić information content (AvgIpc) is 3.20. The Hall–Kier alpha value is -2.35. The first-order valence-corrected chi connectivity index (χ1v) is 10.1. The molecule has 9 heteroatoms. The van der Waals surface area contributed by atoms with Gasteiger partial charge in [-0.25, -0.2) is 4.68 Å². The number of carbonyl (C=O) groups excluding carboxylic acids is 1. The van der Waals surface area contributed by atoms with Crippen LogP contribution in [0.15, 0.2) is 52.6 Å². The van der Waals surface area contributed by atoms with Crippen molar-refractivity contribution in [2.45, 2.75) is 19.6 Å². The van der Waals surface area contributed by atoms with E-state index in [1.54, 1.807) is 42.5 Å². The standard InChI is InChI=1S/C19H17Cl2N3O3S/c1-12(27-16-6-4-13(20)11-14(16)21)19(26)22-8-9-24-18(25)7-5-15(23-24)17-3-2-10-28-17/h2-7,10-12H,8-9H2,1H3,(H,22,26)/t12-/m0/s1. The normalized spacial score (nSPS) is 11.8. The van der Waals surface area contributed by atoms with Crippen LogP contribution in [0.5, 0.6) is 5.75 Å². The Morgan fingerprint density at radius 1 is 1.29 bits per heavy atom. The molecule has 1 aromatic carbocycles. The van der Waals surface area contributed by atoms with Gasteiger partial charge in [-0.1, -0.05) is 29.3 Å². The van der Waals surface area contributed by atoms with Crippen molar-refractivity contribution in [2.75, 3.05) is 6.54 Å². The summed E-state index contributed by atoms with van der Waals surface area (Å²) >= 11 is 13.4. The van der Waals surface area contributed by atoms with E-state index in [0.717, 1.165) is 10.6 Å². The van der Waals surface area contributed by atoms with Gasteiger partial charge < -0.3 is 10.1 Å². The summed E-state index contributed by atoms with van der Waals surface area (Å²) in [6.45, 7) is 2.10. The second-order valence-electron chi connectivity index (χ2n) is 5.88. The first kappa shape index (κ1) is 20.4. The Kier molecular flexibility index (Phi) is 6.72. The summed E-state index contributed by atoms with van der Waals surface area (Å²) in [5, 5.41) is 9.84. The molecule has 0 aliphatic carbocycles. The summed E-state index contributed by atoms with van der Waals surface area (Å²) in [4.78, 5) is 25.2. The number of hydrogen-bond acceptors (Lipinski definition) is 5. The zero-order valence-electron chi connectivity index (χ0n) is 14.9. The molecule has 28 heavy (non-hydrogen) atoms. The number of thiophene rings is 1. The fourth-order valence-electron chi connectivity index (χ4n) is 2.41. The number of rotatable bonds is 7. The molecule has 0 aliphatic rings. The van der Waals surface area contributed by atoms with Gasteiger partial charge in [0.05, 0.1) is 16.4 Å². The molecule has 6 nitrogen and oxygen atoms in total. The van der Waals surface area contributed by atoms with Crippen molar-refractivity contribution in [3.05, 3.63) is 68.2 Å². The van der Waals surface area contributed by atoms with Gasteiger partial charge >= 0.3 is 0 Å². The molecule has 0 saturated carbocycles. The van der Waals surface area contributed by atoms with Crippen LogP contribution >= 0.6 is 34.5 Å². The van der Waals surface area contributed by atoms with Gasteiger partial charge in [-0.15, -0.1) is 11.3 Å². The molecule has 0 radical (unpaired) electrons. The van der Waals surface area contributed by atoms with Crippen molar-refractivity contribution in [1.82, 2.24) is 15.1 Å². The molecule has 1 N–H and O–H groups in total. The largest absolute Gasteiger partial charge is 0.479 e. The highest BCUT2D eigenvalue weighted by atomic mass is 35.5. The number of aromatic nitrogens is 2. The second kappa shape index (κ2) is 9.23. The molecule has 0 saturated heterocycles. The second-order valence-corrected chi connectivity index (χ2v) is 7.67. The lowest BCUT2D eigenvalue weighted by atomic mass is 10.3. The van der Waals surface area contributed by atoms with Gasteiger partial charge in [0.25, 0.3) is 11.5 Å². The monoisotopic (exact) mass is 437 g/mol. The van der Waals surface area contributed by atoms with Gasteiger partial charge in [-0.2, -0.15) is 5.10 Å². The molecule has 0 aliphatic heterocycles. The third kappa shape index (κ3) is 5.13. The summed E-state index contributed by atoms with van der Waals surface area (Å²) in [7, 11) is 0. The minimum atomic E-state index is -0.763. The maximum absolute atomic E-state index is 12.2. The first-order valence-electron chi connectivity index (χ1n) is 8.45. The van der Waals surface area contributed by atoms with Crippen molar-refractivity contribution < 1.29 is 9.53 Å². The molecule has 3 rings (SSSR count). The van der Waals surface area contributed by atoms with E-state index in [2.05, 4.69) is 10.4 Å². The highest BCUT2D eigenvalue weighted by Gasteiger charge is 2.16. The number of halogens is 2. The fourth-order valence-corrected chi connectivity index (χ4v) is 3.55.